The van der Waals surface area contributed by atoms with E-state index < -0.39 is 5.97 Å². The predicted octanol–water partition coefficient (Wildman–Crippen LogP) is 2.59. The Kier molecular flexibility index (Phi) is 4.99. The van der Waals surface area contributed by atoms with E-state index in [9.17, 15) is 4.79 Å². The number of aromatic nitrogens is 2. The molecular formula is C17H22N4O2S. The molecule has 1 aromatic carbocycles. The van der Waals surface area contributed by atoms with Gasteiger partial charge in [-0.25, -0.2) is 9.48 Å². The number of carboxylic acid groups (broad SMARTS) is 1. The first-order valence-corrected chi connectivity index (χ1v) is 9.03. The molecule has 7 heteroatoms. The fourth-order valence-electron chi connectivity index (χ4n) is 3.04. The summed E-state index contributed by atoms with van der Waals surface area (Å²) < 4.78 is 1.84. The van der Waals surface area contributed by atoms with Gasteiger partial charge in [-0.15, -0.1) is 0 Å². The van der Waals surface area contributed by atoms with E-state index in [1.54, 1.807) is 29.5 Å². The van der Waals surface area contributed by atoms with Gasteiger partial charge in [0.05, 0.1) is 11.6 Å². The highest BCUT2D eigenvalue weighted by molar-refractivity contribution is 7.08. The zero-order chi connectivity index (χ0) is 17.1. The van der Waals surface area contributed by atoms with Crippen LogP contribution in [0.4, 0.5) is 5.69 Å². The minimum Gasteiger partial charge on any atom is -0.478 e. The molecule has 1 fully saturated rings. The second-order valence-electron chi connectivity index (χ2n) is 6.23. The number of carboxylic acids is 1. The average Bonchev–Trinajstić information content (AvgIpc) is 2.87. The minimum atomic E-state index is -1.01. The zero-order valence-electron chi connectivity index (χ0n) is 13.7. The van der Waals surface area contributed by atoms with Gasteiger partial charge in [0, 0.05) is 19.2 Å². The maximum absolute atomic E-state index is 11.0. The van der Waals surface area contributed by atoms with E-state index in [0.717, 1.165) is 15.4 Å². The fourth-order valence-corrected chi connectivity index (χ4v) is 4.03. The molecule has 0 bridgehead atoms. The van der Waals surface area contributed by atoms with Gasteiger partial charge >= 0.3 is 5.97 Å². The van der Waals surface area contributed by atoms with E-state index in [0.29, 0.717) is 12.5 Å². The molecule has 0 aliphatic heterocycles. The molecule has 1 saturated carbocycles. The number of hydrogen-bond acceptors (Lipinski definition) is 5. The number of aryl methyl sites for hydroxylation is 1. The number of nitrogens with zero attached hydrogens (tertiary/aromatic N) is 3. The van der Waals surface area contributed by atoms with Crippen LogP contribution in [0.15, 0.2) is 23.2 Å². The molecule has 0 radical (unpaired) electrons. The quantitative estimate of drug-likeness (QED) is 0.832. The largest absolute Gasteiger partial charge is 0.478 e. The van der Waals surface area contributed by atoms with Crippen LogP contribution in [-0.4, -0.2) is 26.9 Å². The zero-order valence-corrected chi connectivity index (χ0v) is 14.6. The lowest BCUT2D eigenvalue weighted by atomic mass is 9.96. The Morgan fingerprint density at radius 2 is 2.17 bits per heavy atom. The first-order valence-electron chi connectivity index (χ1n) is 8.21. The molecular weight excluding hydrogens is 324 g/mol. The normalized spacial score (nSPS) is 16.5. The number of carbonyl (C=O) groups is 1. The van der Waals surface area contributed by atoms with Gasteiger partial charge < -0.3 is 10.8 Å². The molecule has 1 aromatic heterocycles. The van der Waals surface area contributed by atoms with E-state index in [1.807, 2.05) is 11.7 Å². The van der Waals surface area contributed by atoms with E-state index in [1.165, 1.54) is 32.1 Å². The number of hydrogen-bond donors (Lipinski definition) is 2. The average molecular weight is 346 g/mol. The Balaban J connectivity index is 1.79. The lowest BCUT2D eigenvalue weighted by Crippen LogP contribution is -2.18. The Morgan fingerprint density at radius 1 is 1.42 bits per heavy atom. The highest BCUT2D eigenvalue weighted by Gasteiger charge is 2.13. The highest BCUT2D eigenvalue weighted by Crippen LogP contribution is 2.20. The Morgan fingerprint density at radius 3 is 2.83 bits per heavy atom. The van der Waals surface area contributed by atoms with E-state index in [4.69, 9.17) is 15.8 Å². The number of rotatable bonds is 4. The van der Waals surface area contributed by atoms with Crippen LogP contribution in [0.3, 0.4) is 0 Å². The maximum atomic E-state index is 11.0. The van der Waals surface area contributed by atoms with Gasteiger partial charge in [0.15, 0.2) is 0 Å². The predicted molar refractivity (Wildman–Crippen MR) is 94.1 cm³/mol. The van der Waals surface area contributed by atoms with Crippen molar-refractivity contribution in [3.05, 3.63) is 39.1 Å². The second-order valence-corrected chi connectivity index (χ2v) is 7.27. The van der Waals surface area contributed by atoms with Crippen LogP contribution in [0.5, 0.6) is 0 Å². The molecule has 1 heterocycles. The van der Waals surface area contributed by atoms with Gasteiger partial charge in [0.25, 0.3) is 0 Å². The summed E-state index contributed by atoms with van der Waals surface area (Å²) in [7, 11) is 1.92. The Hall–Kier alpha value is -2.15. The Labute approximate surface area is 144 Å². The molecule has 6 nitrogen and oxygen atoms in total. The molecule has 0 saturated heterocycles. The molecule has 1 aliphatic rings. The van der Waals surface area contributed by atoms with Crippen molar-refractivity contribution in [3.8, 4) is 0 Å². The number of nitrogens with two attached hydrogens (primary N) is 1. The van der Waals surface area contributed by atoms with E-state index in [-0.39, 0.29) is 11.3 Å². The fraction of sp³-hybridized carbons (Fsp3) is 0.471. The standard InChI is InChI=1S/C17H22N4O2S/c1-21-17(19-12-5-3-2-4-6-12)24-15(20-21)10-11-7-8-13(16(22)23)14(18)9-11/h7-9,12H,2-6,10,18H2,1H3,(H,22,23). The van der Waals surface area contributed by atoms with Crippen LogP contribution in [0.25, 0.3) is 0 Å². The van der Waals surface area contributed by atoms with Crippen LogP contribution in [0, 0.1) is 0 Å². The number of aromatic carboxylic acids is 1. The van der Waals surface area contributed by atoms with Crippen molar-refractivity contribution in [1.82, 2.24) is 9.78 Å². The summed E-state index contributed by atoms with van der Waals surface area (Å²) in [5.74, 6) is -1.01. The molecule has 0 atom stereocenters. The molecule has 0 amide bonds. The monoisotopic (exact) mass is 346 g/mol. The molecule has 24 heavy (non-hydrogen) atoms. The highest BCUT2D eigenvalue weighted by atomic mass is 32.1. The molecule has 0 unspecified atom stereocenters. The van der Waals surface area contributed by atoms with Crippen LogP contribution < -0.4 is 10.5 Å². The van der Waals surface area contributed by atoms with Crippen molar-refractivity contribution < 1.29 is 9.90 Å². The summed E-state index contributed by atoms with van der Waals surface area (Å²) in [5, 5.41) is 14.5. The van der Waals surface area contributed by atoms with Crippen molar-refractivity contribution in [2.24, 2.45) is 12.0 Å². The summed E-state index contributed by atoms with van der Waals surface area (Å²) in [6.07, 6.45) is 6.81. The van der Waals surface area contributed by atoms with Gasteiger partial charge in [-0.2, -0.15) is 5.10 Å². The topological polar surface area (TPSA) is 93.5 Å². The molecule has 0 spiro atoms. The van der Waals surface area contributed by atoms with Crippen molar-refractivity contribution in [1.29, 1.82) is 0 Å². The first-order chi connectivity index (χ1) is 11.5. The molecule has 3 rings (SSSR count). The molecule has 3 N–H and O–H groups in total. The summed E-state index contributed by atoms with van der Waals surface area (Å²) in [6.45, 7) is 0. The van der Waals surface area contributed by atoms with Crippen molar-refractivity contribution in [2.75, 3.05) is 5.73 Å². The SMILES string of the molecule is Cn1nc(Cc2ccc(C(=O)O)c(N)c2)sc1=NC1CCCCC1. The lowest BCUT2D eigenvalue weighted by Gasteiger charge is -2.16. The summed E-state index contributed by atoms with van der Waals surface area (Å²) in [5.41, 5.74) is 7.19. The molecule has 128 valence electrons. The third-order valence-corrected chi connectivity index (χ3v) is 5.33. The van der Waals surface area contributed by atoms with Crippen LogP contribution in [-0.2, 0) is 13.5 Å². The van der Waals surface area contributed by atoms with Crippen LogP contribution in [0.1, 0.15) is 53.0 Å². The van der Waals surface area contributed by atoms with Crippen LogP contribution >= 0.6 is 11.3 Å². The minimum absolute atomic E-state index is 0.136. The smallest absolute Gasteiger partial charge is 0.337 e. The van der Waals surface area contributed by atoms with Crippen molar-refractivity contribution >= 4 is 23.0 Å². The van der Waals surface area contributed by atoms with Crippen molar-refractivity contribution in [2.45, 2.75) is 44.6 Å². The lowest BCUT2D eigenvalue weighted by molar-refractivity contribution is 0.0698. The molecule has 2 aromatic rings. The third-order valence-electron chi connectivity index (χ3n) is 4.32. The first kappa shape index (κ1) is 16.7. The number of nitrogen functional groups attached to an aromatic ring is 1. The summed E-state index contributed by atoms with van der Waals surface area (Å²) in [4.78, 5) is 16.8. The van der Waals surface area contributed by atoms with Crippen LogP contribution in [0.2, 0.25) is 0 Å². The molecule has 1 aliphatic carbocycles. The Bertz CT molecular complexity index is 803. The van der Waals surface area contributed by atoms with E-state index in [2.05, 4.69) is 5.10 Å². The van der Waals surface area contributed by atoms with Gasteiger partial charge in [-0.1, -0.05) is 36.7 Å². The van der Waals surface area contributed by atoms with Gasteiger partial charge in [-0.05, 0) is 30.5 Å². The second kappa shape index (κ2) is 7.17. The van der Waals surface area contributed by atoms with Crippen molar-refractivity contribution in [3.63, 3.8) is 0 Å². The van der Waals surface area contributed by atoms with Gasteiger partial charge in [0.1, 0.15) is 5.01 Å². The third kappa shape index (κ3) is 3.84. The summed E-state index contributed by atoms with van der Waals surface area (Å²) >= 11 is 1.59. The number of benzene rings is 1. The number of anilines is 1. The van der Waals surface area contributed by atoms with E-state index >= 15 is 0 Å². The van der Waals surface area contributed by atoms with Gasteiger partial charge in [0.2, 0.25) is 4.80 Å². The summed E-state index contributed by atoms with van der Waals surface area (Å²) in [6, 6.07) is 5.47. The van der Waals surface area contributed by atoms with Gasteiger partial charge in [-0.3, -0.25) is 4.99 Å². The maximum Gasteiger partial charge on any atom is 0.337 e.